The van der Waals surface area contributed by atoms with Crippen LogP contribution >= 0.6 is 11.3 Å². The van der Waals surface area contributed by atoms with Gasteiger partial charge in [-0.05, 0) is 74.1 Å². The summed E-state index contributed by atoms with van der Waals surface area (Å²) in [6, 6.07) is 2.50. The molecular formula is C23H37NS. The van der Waals surface area contributed by atoms with Crippen molar-refractivity contribution in [1.82, 2.24) is 4.98 Å². The van der Waals surface area contributed by atoms with E-state index in [1.54, 1.807) is 16.7 Å². The average Bonchev–Trinajstić information content (AvgIpc) is 3.03. The van der Waals surface area contributed by atoms with Gasteiger partial charge in [0.05, 0.1) is 15.2 Å². The van der Waals surface area contributed by atoms with Crippen LogP contribution in [0.2, 0.25) is 0 Å². The molecular weight excluding hydrogens is 322 g/mol. The molecule has 0 atom stereocenters. The van der Waals surface area contributed by atoms with E-state index in [9.17, 15) is 0 Å². The van der Waals surface area contributed by atoms with Crippen molar-refractivity contribution >= 4 is 21.6 Å². The normalized spacial score (nSPS) is 11.5. The zero-order chi connectivity index (χ0) is 18.1. The van der Waals surface area contributed by atoms with Gasteiger partial charge in [0.2, 0.25) is 0 Å². The van der Waals surface area contributed by atoms with Crippen molar-refractivity contribution < 1.29 is 0 Å². The Balaban J connectivity index is 2.49. The van der Waals surface area contributed by atoms with E-state index in [2.05, 4.69) is 33.8 Å². The van der Waals surface area contributed by atoms with Gasteiger partial charge in [0.25, 0.3) is 0 Å². The third-order valence-corrected chi connectivity index (χ3v) is 6.21. The molecule has 1 heterocycles. The number of rotatable bonds is 12. The first-order valence-corrected chi connectivity index (χ1v) is 11.5. The van der Waals surface area contributed by atoms with Gasteiger partial charge in [-0.15, -0.1) is 11.3 Å². The van der Waals surface area contributed by atoms with Crippen molar-refractivity contribution in [3.63, 3.8) is 0 Å². The summed E-state index contributed by atoms with van der Waals surface area (Å²) in [5, 5.41) is 1.35. The molecule has 0 spiro atoms. The molecule has 0 bridgehead atoms. The molecule has 0 amide bonds. The van der Waals surface area contributed by atoms with Crippen LogP contribution < -0.4 is 0 Å². The third-order valence-electron chi connectivity index (χ3n) is 5.15. The van der Waals surface area contributed by atoms with E-state index in [0.717, 1.165) is 6.42 Å². The molecule has 1 nitrogen and oxygen atoms in total. The zero-order valence-electron chi connectivity index (χ0n) is 16.9. The molecule has 0 saturated heterocycles. The van der Waals surface area contributed by atoms with E-state index < -0.39 is 0 Å². The third kappa shape index (κ3) is 5.54. The highest BCUT2D eigenvalue weighted by atomic mass is 32.1. The molecule has 25 heavy (non-hydrogen) atoms. The highest BCUT2D eigenvalue weighted by Gasteiger charge is 2.16. The Labute approximate surface area is 159 Å². The lowest BCUT2D eigenvalue weighted by Gasteiger charge is -2.16. The van der Waals surface area contributed by atoms with E-state index in [0.29, 0.717) is 0 Å². The van der Waals surface area contributed by atoms with E-state index in [1.807, 2.05) is 11.3 Å². The maximum absolute atomic E-state index is 5.11. The lowest BCUT2D eigenvalue weighted by molar-refractivity contribution is 0.737. The van der Waals surface area contributed by atoms with Gasteiger partial charge in [0, 0.05) is 0 Å². The minimum Gasteiger partial charge on any atom is -0.241 e. The fourth-order valence-electron chi connectivity index (χ4n) is 3.59. The van der Waals surface area contributed by atoms with Crippen LogP contribution in [-0.4, -0.2) is 4.98 Å². The standard InChI is InChI=1S/C23H37NS/c1-5-9-13-18-17-21-23(24-22(25-21)16-12-8-4)20(15-11-7-3)19(18)14-10-6-2/h17H,5-16H2,1-4H3. The number of nitrogens with zero attached hydrogens (tertiary/aromatic N) is 1. The number of aromatic nitrogens is 1. The number of hydrogen-bond donors (Lipinski definition) is 0. The Bertz CT molecular complexity index is 641. The molecule has 1 aromatic heterocycles. The molecule has 2 heteroatoms. The molecule has 2 aromatic rings. The van der Waals surface area contributed by atoms with Crippen molar-refractivity contribution in [2.24, 2.45) is 0 Å². The average molecular weight is 360 g/mol. The van der Waals surface area contributed by atoms with Gasteiger partial charge in [0.1, 0.15) is 0 Å². The van der Waals surface area contributed by atoms with Gasteiger partial charge < -0.3 is 0 Å². The summed E-state index contributed by atoms with van der Waals surface area (Å²) < 4.78 is 1.45. The summed E-state index contributed by atoms with van der Waals surface area (Å²) in [7, 11) is 0. The summed E-state index contributed by atoms with van der Waals surface area (Å²) in [5.74, 6) is 0. The Morgan fingerprint density at radius 1 is 0.720 bits per heavy atom. The van der Waals surface area contributed by atoms with Crippen LogP contribution in [-0.2, 0) is 25.7 Å². The predicted molar refractivity (Wildman–Crippen MR) is 114 cm³/mol. The molecule has 0 saturated carbocycles. The molecule has 0 aliphatic carbocycles. The monoisotopic (exact) mass is 359 g/mol. The lowest BCUT2D eigenvalue weighted by atomic mass is 9.90. The number of fused-ring (bicyclic) bond motifs is 1. The lowest BCUT2D eigenvalue weighted by Crippen LogP contribution is -2.03. The molecule has 0 radical (unpaired) electrons. The molecule has 0 N–H and O–H groups in total. The van der Waals surface area contributed by atoms with E-state index in [-0.39, 0.29) is 0 Å². The van der Waals surface area contributed by atoms with Crippen LogP contribution in [0, 0.1) is 0 Å². The molecule has 0 aliphatic heterocycles. The molecule has 0 fully saturated rings. The van der Waals surface area contributed by atoms with Crippen molar-refractivity contribution in [3.05, 3.63) is 27.8 Å². The van der Waals surface area contributed by atoms with Crippen molar-refractivity contribution in [3.8, 4) is 0 Å². The summed E-state index contributed by atoms with van der Waals surface area (Å²) >= 11 is 1.95. The number of hydrogen-bond acceptors (Lipinski definition) is 2. The minimum atomic E-state index is 1.15. The second-order valence-corrected chi connectivity index (χ2v) is 8.48. The van der Waals surface area contributed by atoms with Crippen LogP contribution in [0.3, 0.4) is 0 Å². The second-order valence-electron chi connectivity index (χ2n) is 7.36. The first-order chi connectivity index (χ1) is 12.2. The van der Waals surface area contributed by atoms with Crippen molar-refractivity contribution in [1.29, 1.82) is 0 Å². The number of unbranched alkanes of at least 4 members (excludes halogenated alkanes) is 4. The first-order valence-electron chi connectivity index (χ1n) is 10.7. The van der Waals surface area contributed by atoms with Crippen molar-refractivity contribution in [2.75, 3.05) is 0 Å². The van der Waals surface area contributed by atoms with Crippen molar-refractivity contribution in [2.45, 2.75) is 105 Å². The SMILES string of the molecule is CCCCc1nc2c(CCCC)c(CCCC)c(CCCC)cc2s1. The summed E-state index contributed by atoms with van der Waals surface area (Å²) in [6.07, 6.45) is 15.1. The van der Waals surface area contributed by atoms with Crippen LogP contribution in [0.4, 0.5) is 0 Å². The second kappa shape index (κ2) is 11.0. The predicted octanol–water partition coefficient (Wildman–Crippen LogP) is 7.67. The van der Waals surface area contributed by atoms with Gasteiger partial charge in [-0.1, -0.05) is 53.4 Å². The maximum atomic E-state index is 5.11. The van der Waals surface area contributed by atoms with Gasteiger partial charge >= 0.3 is 0 Å². The summed E-state index contributed by atoms with van der Waals surface area (Å²) in [5.41, 5.74) is 6.22. The Morgan fingerprint density at radius 3 is 1.92 bits per heavy atom. The Hall–Kier alpha value is -0.890. The number of benzene rings is 1. The fraction of sp³-hybridized carbons (Fsp3) is 0.696. The summed E-state index contributed by atoms with van der Waals surface area (Å²) in [6.45, 7) is 9.18. The van der Waals surface area contributed by atoms with Gasteiger partial charge in [0.15, 0.2) is 0 Å². The summed E-state index contributed by atoms with van der Waals surface area (Å²) in [4.78, 5) is 5.11. The van der Waals surface area contributed by atoms with Crippen LogP contribution in [0.1, 0.15) is 101 Å². The zero-order valence-corrected chi connectivity index (χ0v) is 17.7. The molecule has 2 rings (SSSR count). The van der Waals surface area contributed by atoms with Crippen LogP contribution in [0.15, 0.2) is 6.07 Å². The van der Waals surface area contributed by atoms with E-state index >= 15 is 0 Å². The fourth-order valence-corrected chi connectivity index (χ4v) is 4.69. The van der Waals surface area contributed by atoms with Crippen LogP contribution in [0.25, 0.3) is 10.2 Å². The number of aryl methyl sites for hydroxylation is 3. The quantitative estimate of drug-likeness (QED) is 0.379. The molecule has 0 aliphatic rings. The maximum Gasteiger partial charge on any atom is 0.0938 e. The topological polar surface area (TPSA) is 12.9 Å². The molecule has 0 unspecified atom stereocenters. The van der Waals surface area contributed by atoms with Gasteiger partial charge in [-0.3, -0.25) is 0 Å². The Kier molecular flexibility index (Phi) is 8.95. The molecule has 140 valence electrons. The van der Waals surface area contributed by atoms with Gasteiger partial charge in [-0.25, -0.2) is 4.98 Å². The Morgan fingerprint density at radius 2 is 1.28 bits per heavy atom. The smallest absolute Gasteiger partial charge is 0.0938 e. The van der Waals surface area contributed by atoms with Crippen LogP contribution in [0.5, 0.6) is 0 Å². The molecule has 1 aromatic carbocycles. The van der Waals surface area contributed by atoms with E-state index in [4.69, 9.17) is 4.98 Å². The first kappa shape index (κ1) is 20.4. The highest BCUT2D eigenvalue weighted by molar-refractivity contribution is 7.18. The highest BCUT2D eigenvalue weighted by Crippen LogP contribution is 2.33. The van der Waals surface area contributed by atoms with E-state index in [1.165, 1.54) is 85.9 Å². The van der Waals surface area contributed by atoms with Gasteiger partial charge in [-0.2, -0.15) is 0 Å². The largest absolute Gasteiger partial charge is 0.241 e. The minimum absolute atomic E-state index is 1.15. The number of thiazole rings is 1.